The van der Waals surface area contributed by atoms with Crippen molar-refractivity contribution in [2.45, 2.75) is 79.2 Å². The Morgan fingerprint density at radius 1 is 1.16 bits per heavy atom. The molecule has 3 heterocycles. The first-order valence-electron chi connectivity index (χ1n) is 11.7. The van der Waals surface area contributed by atoms with Gasteiger partial charge in [-0.1, -0.05) is 19.9 Å². The highest BCUT2D eigenvalue weighted by atomic mass is 16.5. The molecule has 6 nitrogen and oxygen atoms in total. The summed E-state index contributed by atoms with van der Waals surface area (Å²) in [5, 5.41) is 8.49. The minimum atomic E-state index is 0.0835. The number of fused-ring (bicyclic) bond motifs is 1. The summed E-state index contributed by atoms with van der Waals surface area (Å²) in [5.41, 5.74) is 6.55. The van der Waals surface area contributed by atoms with Gasteiger partial charge in [-0.3, -0.25) is 15.0 Å². The van der Waals surface area contributed by atoms with E-state index in [1.165, 1.54) is 5.56 Å². The van der Waals surface area contributed by atoms with Crippen molar-refractivity contribution in [3.63, 3.8) is 0 Å². The Labute approximate surface area is 191 Å². The van der Waals surface area contributed by atoms with E-state index in [9.17, 15) is 0 Å². The van der Waals surface area contributed by atoms with E-state index < -0.39 is 0 Å². The van der Waals surface area contributed by atoms with Crippen LogP contribution in [-0.2, 0) is 11.3 Å². The van der Waals surface area contributed by atoms with Crippen LogP contribution in [0.1, 0.15) is 64.3 Å². The quantitative estimate of drug-likeness (QED) is 0.556. The number of morpholine rings is 1. The summed E-state index contributed by atoms with van der Waals surface area (Å²) in [7, 11) is 0. The maximum atomic E-state index is 6.36. The molecule has 2 atom stereocenters. The Bertz CT molecular complexity index is 1080. The van der Waals surface area contributed by atoms with E-state index in [1.807, 2.05) is 6.20 Å². The van der Waals surface area contributed by atoms with E-state index in [-0.39, 0.29) is 18.3 Å². The fraction of sp³-hybridized carbons (Fsp3) is 0.538. The molecule has 2 aromatic heterocycles. The third kappa shape index (κ3) is 4.66. The predicted molar refractivity (Wildman–Crippen MR) is 129 cm³/mol. The second-order valence-corrected chi connectivity index (χ2v) is 9.70. The first kappa shape index (κ1) is 22.7. The number of aryl methyl sites for hydroxylation is 1. The molecule has 0 aliphatic carbocycles. The minimum absolute atomic E-state index is 0.0835. The van der Waals surface area contributed by atoms with E-state index in [2.05, 4.69) is 81.8 Å². The van der Waals surface area contributed by atoms with Crippen molar-refractivity contribution in [3.05, 3.63) is 41.2 Å². The standard InChI is InChI=1S/C26H36N4O2/c1-15(2)20-8-9-23-21(11-27-29-23)26(20)24-10-25(31-16(3)4)22(19(7)28-24)14-30-12-17(5)32-18(6)13-30/h8-11,15-18H,12-14H2,1-7H3,(H,27,29)/t17-,18-/m1/s1. The van der Waals surface area contributed by atoms with Gasteiger partial charge >= 0.3 is 0 Å². The van der Waals surface area contributed by atoms with Gasteiger partial charge in [0.15, 0.2) is 0 Å². The van der Waals surface area contributed by atoms with Crippen molar-refractivity contribution in [1.82, 2.24) is 20.1 Å². The number of benzene rings is 1. The summed E-state index contributed by atoms with van der Waals surface area (Å²) >= 11 is 0. The van der Waals surface area contributed by atoms with Crippen LogP contribution in [-0.4, -0.2) is 51.5 Å². The third-order valence-corrected chi connectivity index (χ3v) is 6.06. The van der Waals surface area contributed by atoms with Gasteiger partial charge in [-0.15, -0.1) is 0 Å². The van der Waals surface area contributed by atoms with Gasteiger partial charge in [-0.25, -0.2) is 0 Å². The van der Waals surface area contributed by atoms with Gasteiger partial charge < -0.3 is 9.47 Å². The van der Waals surface area contributed by atoms with Gasteiger partial charge in [0.25, 0.3) is 0 Å². The number of aromatic amines is 1. The Hall–Kier alpha value is -2.44. The van der Waals surface area contributed by atoms with Gasteiger partial charge in [0.1, 0.15) is 5.75 Å². The lowest BCUT2D eigenvalue weighted by atomic mass is 9.92. The highest BCUT2D eigenvalue weighted by Crippen LogP contribution is 2.37. The van der Waals surface area contributed by atoms with Crippen LogP contribution in [0.2, 0.25) is 0 Å². The van der Waals surface area contributed by atoms with Crippen molar-refractivity contribution in [2.24, 2.45) is 0 Å². The van der Waals surface area contributed by atoms with Crippen LogP contribution < -0.4 is 4.74 Å². The summed E-state index contributed by atoms with van der Waals surface area (Å²) in [4.78, 5) is 7.56. The van der Waals surface area contributed by atoms with Crippen molar-refractivity contribution < 1.29 is 9.47 Å². The smallest absolute Gasteiger partial charge is 0.128 e. The zero-order valence-corrected chi connectivity index (χ0v) is 20.4. The number of nitrogens with one attached hydrogen (secondary N) is 1. The summed E-state index contributed by atoms with van der Waals surface area (Å²) in [6, 6.07) is 6.42. The number of ether oxygens (including phenoxy) is 2. The second kappa shape index (κ2) is 9.20. The fourth-order valence-corrected chi connectivity index (χ4v) is 4.79. The molecule has 32 heavy (non-hydrogen) atoms. The molecule has 3 aromatic rings. The van der Waals surface area contributed by atoms with Crippen LogP contribution in [0.3, 0.4) is 0 Å². The molecule has 6 heteroatoms. The molecule has 1 aliphatic heterocycles. The van der Waals surface area contributed by atoms with Crippen molar-refractivity contribution >= 4 is 10.9 Å². The van der Waals surface area contributed by atoms with Gasteiger partial charge in [0.05, 0.1) is 35.7 Å². The molecule has 1 aromatic carbocycles. The number of hydrogen-bond acceptors (Lipinski definition) is 5. The minimum Gasteiger partial charge on any atom is -0.491 e. The fourth-order valence-electron chi connectivity index (χ4n) is 4.79. The molecule has 0 spiro atoms. The molecule has 1 aliphatic rings. The Morgan fingerprint density at radius 2 is 1.88 bits per heavy atom. The Balaban J connectivity index is 1.81. The van der Waals surface area contributed by atoms with Gasteiger partial charge in [0, 0.05) is 47.9 Å². The molecular formula is C26H36N4O2. The second-order valence-electron chi connectivity index (χ2n) is 9.70. The summed E-state index contributed by atoms with van der Waals surface area (Å²) < 4.78 is 12.3. The molecule has 1 fully saturated rings. The van der Waals surface area contributed by atoms with Crippen LogP contribution in [0.15, 0.2) is 24.4 Å². The molecule has 0 unspecified atom stereocenters. The number of aromatic nitrogens is 3. The SMILES string of the molecule is Cc1nc(-c2c(C(C)C)ccc3[nH]ncc23)cc(OC(C)C)c1CN1C[C@@H](C)O[C@H](C)C1. The molecule has 1 saturated heterocycles. The Kier molecular flexibility index (Phi) is 6.54. The molecule has 4 rings (SSSR count). The maximum Gasteiger partial charge on any atom is 0.128 e. The number of hydrogen-bond donors (Lipinski definition) is 1. The van der Waals surface area contributed by atoms with Crippen molar-refractivity contribution in [2.75, 3.05) is 13.1 Å². The molecule has 172 valence electrons. The monoisotopic (exact) mass is 436 g/mol. The average Bonchev–Trinajstić information content (AvgIpc) is 3.17. The lowest BCUT2D eigenvalue weighted by Gasteiger charge is -2.35. The Morgan fingerprint density at radius 3 is 2.53 bits per heavy atom. The highest BCUT2D eigenvalue weighted by molar-refractivity contribution is 5.95. The molecule has 0 saturated carbocycles. The normalized spacial score (nSPS) is 19.9. The summed E-state index contributed by atoms with van der Waals surface area (Å²) in [6.07, 6.45) is 2.45. The van der Waals surface area contributed by atoms with E-state index in [0.717, 1.165) is 58.8 Å². The summed E-state index contributed by atoms with van der Waals surface area (Å²) in [6.45, 7) is 17.6. The summed E-state index contributed by atoms with van der Waals surface area (Å²) in [5.74, 6) is 1.29. The van der Waals surface area contributed by atoms with E-state index in [1.54, 1.807) is 0 Å². The molecule has 1 N–H and O–H groups in total. The molecule has 0 amide bonds. The zero-order chi connectivity index (χ0) is 23.0. The van der Waals surface area contributed by atoms with Crippen LogP contribution >= 0.6 is 0 Å². The predicted octanol–water partition coefficient (Wildman–Crippen LogP) is 5.45. The van der Waals surface area contributed by atoms with E-state index in [4.69, 9.17) is 14.5 Å². The number of rotatable bonds is 6. The average molecular weight is 437 g/mol. The maximum absolute atomic E-state index is 6.36. The highest BCUT2D eigenvalue weighted by Gasteiger charge is 2.25. The van der Waals surface area contributed by atoms with E-state index in [0.29, 0.717) is 5.92 Å². The third-order valence-electron chi connectivity index (χ3n) is 6.06. The van der Waals surface area contributed by atoms with Gasteiger partial charge in [-0.05, 0) is 52.2 Å². The largest absolute Gasteiger partial charge is 0.491 e. The van der Waals surface area contributed by atoms with Crippen molar-refractivity contribution in [1.29, 1.82) is 0 Å². The molecular weight excluding hydrogens is 400 g/mol. The molecule has 0 bridgehead atoms. The first-order chi connectivity index (χ1) is 15.2. The van der Waals surface area contributed by atoms with Crippen LogP contribution in [0.25, 0.3) is 22.2 Å². The number of nitrogens with zero attached hydrogens (tertiary/aromatic N) is 3. The molecule has 0 radical (unpaired) electrons. The van der Waals surface area contributed by atoms with Gasteiger partial charge in [0.2, 0.25) is 0 Å². The van der Waals surface area contributed by atoms with Crippen LogP contribution in [0, 0.1) is 6.92 Å². The lowest BCUT2D eigenvalue weighted by molar-refractivity contribution is -0.0707. The number of H-pyrrole nitrogens is 1. The zero-order valence-electron chi connectivity index (χ0n) is 20.4. The number of pyridine rings is 1. The topological polar surface area (TPSA) is 63.3 Å². The van der Waals surface area contributed by atoms with Crippen molar-refractivity contribution in [3.8, 4) is 17.0 Å². The van der Waals surface area contributed by atoms with E-state index >= 15 is 0 Å². The van der Waals surface area contributed by atoms with Crippen LogP contribution in [0.5, 0.6) is 5.75 Å². The van der Waals surface area contributed by atoms with Gasteiger partial charge in [-0.2, -0.15) is 5.10 Å². The van der Waals surface area contributed by atoms with Crippen LogP contribution in [0.4, 0.5) is 0 Å². The lowest BCUT2D eigenvalue weighted by Crippen LogP contribution is -2.45. The first-order valence-corrected chi connectivity index (χ1v) is 11.7.